The van der Waals surface area contributed by atoms with Gasteiger partial charge in [0.15, 0.2) is 0 Å². The number of carbonyl (C=O) groups is 2. The van der Waals surface area contributed by atoms with E-state index in [9.17, 15) is 22.8 Å². The van der Waals surface area contributed by atoms with E-state index in [1.165, 1.54) is 0 Å². The largest absolute Gasteiger partial charge is 0.417 e. The van der Waals surface area contributed by atoms with Crippen molar-refractivity contribution in [2.24, 2.45) is 5.92 Å². The second-order valence-corrected chi connectivity index (χ2v) is 6.82. The van der Waals surface area contributed by atoms with Crippen LogP contribution in [0, 0.1) is 5.92 Å². The Morgan fingerprint density at radius 2 is 2.00 bits per heavy atom. The Hall–Kier alpha value is -2.03. The number of likely N-dealkylation sites (N-methyl/N-ethyl adjacent to an activating group) is 1. The molecule has 1 aliphatic heterocycles. The summed E-state index contributed by atoms with van der Waals surface area (Å²) in [6, 6.07) is 0.234. The highest BCUT2D eigenvalue weighted by Crippen LogP contribution is 2.34. The number of hydrogen-bond donors (Lipinski definition) is 2. The molecule has 0 aliphatic carbocycles. The van der Waals surface area contributed by atoms with E-state index in [2.05, 4.69) is 15.6 Å². The van der Waals surface area contributed by atoms with E-state index in [4.69, 9.17) is 11.6 Å². The lowest BCUT2D eigenvalue weighted by Gasteiger charge is -2.33. The number of carbonyl (C=O) groups excluding carboxylic acids is 2. The maximum atomic E-state index is 12.7. The lowest BCUT2D eigenvalue weighted by atomic mass is 9.95. The number of amides is 2. The van der Waals surface area contributed by atoms with Crippen LogP contribution in [0.2, 0.25) is 5.02 Å². The van der Waals surface area contributed by atoms with Crippen LogP contribution in [0.4, 0.5) is 19.0 Å². The number of piperidine rings is 1. The molecule has 1 fully saturated rings. The molecule has 2 rings (SSSR count). The van der Waals surface area contributed by atoms with Crippen molar-refractivity contribution in [2.45, 2.75) is 38.9 Å². The Morgan fingerprint density at radius 3 is 2.52 bits per heavy atom. The Kier molecular flexibility index (Phi) is 6.91. The van der Waals surface area contributed by atoms with Crippen molar-refractivity contribution >= 4 is 29.2 Å². The molecule has 1 aromatic rings. The fraction of sp³-hybridized carbons (Fsp3) is 0.588. The monoisotopic (exact) mass is 406 g/mol. The van der Waals surface area contributed by atoms with Crippen molar-refractivity contribution in [1.82, 2.24) is 15.6 Å². The lowest BCUT2D eigenvalue weighted by Crippen LogP contribution is -2.48. The van der Waals surface area contributed by atoms with Crippen LogP contribution in [0.3, 0.4) is 0 Å². The summed E-state index contributed by atoms with van der Waals surface area (Å²) in [5, 5.41) is 5.25. The summed E-state index contributed by atoms with van der Waals surface area (Å²) in [7, 11) is 0. The Balaban J connectivity index is 1.93. The van der Waals surface area contributed by atoms with Gasteiger partial charge in [-0.05, 0) is 32.8 Å². The standard InChI is InChI=1S/C17H22ClF3N4O2/c1-3-22-15(26)10(2)24-16(27)11-4-6-25(7-5-11)14-13(18)8-12(9-23-14)17(19,20)21/h8-11H,3-7H2,1-2H3,(H,22,26)(H,24,27)/t10-/m1/s1. The lowest BCUT2D eigenvalue weighted by molar-refractivity contribution is -0.137. The highest BCUT2D eigenvalue weighted by Gasteiger charge is 2.33. The van der Waals surface area contributed by atoms with E-state index in [1.54, 1.807) is 18.7 Å². The van der Waals surface area contributed by atoms with Gasteiger partial charge in [0.25, 0.3) is 0 Å². The van der Waals surface area contributed by atoms with Gasteiger partial charge >= 0.3 is 6.18 Å². The van der Waals surface area contributed by atoms with Crippen LogP contribution in [0.1, 0.15) is 32.3 Å². The van der Waals surface area contributed by atoms with Crippen LogP contribution < -0.4 is 15.5 Å². The summed E-state index contributed by atoms with van der Waals surface area (Å²) < 4.78 is 38.1. The number of anilines is 1. The van der Waals surface area contributed by atoms with Crippen LogP contribution in [0.5, 0.6) is 0 Å². The molecule has 0 bridgehead atoms. The van der Waals surface area contributed by atoms with Gasteiger partial charge in [-0.3, -0.25) is 9.59 Å². The van der Waals surface area contributed by atoms with Crippen molar-refractivity contribution in [3.8, 4) is 0 Å². The number of halogens is 4. The molecule has 10 heteroatoms. The molecule has 150 valence electrons. The van der Waals surface area contributed by atoms with Crippen LogP contribution in [0.15, 0.2) is 12.3 Å². The normalized spacial score (nSPS) is 16.7. The van der Waals surface area contributed by atoms with Crippen molar-refractivity contribution in [3.63, 3.8) is 0 Å². The summed E-state index contributed by atoms with van der Waals surface area (Å²) in [5.41, 5.74) is -0.898. The van der Waals surface area contributed by atoms with Crippen LogP contribution in [-0.2, 0) is 15.8 Å². The predicted molar refractivity (Wildman–Crippen MR) is 95.5 cm³/mol. The molecule has 0 spiro atoms. The first kappa shape index (κ1) is 21.3. The molecule has 2 N–H and O–H groups in total. The van der Waals surface area contributed by atoms with E-state index < -0.39 is 17.8 Å². The van der Waals surface area contributed by atoms with E-state index >= 15 is 0 Å². The third-order valence-electron chi connectivity index (χ3n) is 4.42. The molecule has 1 atom stereocenters. The molecule has 0 radical (unpaired) electrons. The Labute approximate surface area is 160 Å². The first-order valence-corrected chi connectivity index (χ1v) is 9.07. The maximum Gasteiger partial charge on any atom is 0.417 e. The maximum absolute atomic E-state index is 12.7. The van der Waals surface area contributed by atoms with Crippen LogP contribution >= 0.6 is 11.6 Å². The molecule has 2 amide bonds. The molecule has 2 heterocycles. The Morgan fingerprint density at radius 1 is 1.37 bits per heavy atom. The minimum atomic E-state index is -4.50. The van der Waals surface area contributed by atoms with Gasteiger partial charge in [0.2, 0.25) is 11.8 Å². The second-order valence-electron chi connectivity index (χ2n) is 6.41. The Bertz CT molecular complexity index is 691. The molecular formula is C17H22ClF3N4O2. The highest BCUT2D eigenvalue weighted by atomic mass is 35.5. The third kappa shape index (κ3) is 5.47. The van der Waals surface area contributed by atoms with Gasteiger partial charge in [-0.1, -0.05) is 11.6 Å². The van der Waals surface area contributed by atoms with E-state index in [-0.39, 0.29) is 28.6 Å². The van der Waals surface area contributed by atoms with Crippen LogP contribution in [0.25, 0.3) is 0 Å². The molecule has 6 nitrogen and oxygen atoms in total. The van der Waals surface area contributed by atoms with Gasteiger partial charge in [0.1, 0.15) is 11.9 Å². The molecule has 0 unspecified atom stereocenters. The van der Waals surface area contributed by atoms with Gasteiger partial charge in [0, 0.05) is 31.7 Å². The zero-order valence-electron chi connectivity index (χ0n) is 15.1. The SMILES string of the molecule is CCNC(=O)[C@@H](C)NC(=O)C1CCN(c2ncc(C(F)(F)F)cc2Cl)CC1. The number of rotatable bonds is 5. The average Bonchev–Trinajstić information content (AvgIpc) is 2.61. The van der Waals surface area contributed by atoms with Gasteiger partial charge in [-0.25, -0.2) is 4.98 Å². The predicted octanol–water partition coefficient (Wildman–Crippen LogP) is 2.61. The summed E-state index contributed by atoms with van der Waals surface area (Å²) in [5.74, 6) is -0.450. The van der Waals surface area contributed by atoms with Crippen molar-refractivity contribution < 1.29 is 22.8 Å². The summed E-state index contributed by atoms with van der Waals surface area (Å²) in [6.45, 7) is 4.77. The van der Waals surface area contributed by atoms with E-state index in [1.807, 2.05) is 0 Å². The average molecular weight is 407 g/mol. The quantitative estimate of drug-likeness (QED) is 0.788. The zero-order valence-corrected chi connectivity index (χ0v) is 15.8. The van der Waals surface area contributed by atoms with E-state index in [0.29, 0.717) is 32.5 Å². The second kappa shape index (κ2) is 8.77. The molecular weight excluding hydrogens is 385 g/mol. The molecule has 0 saturated carbocycles. The highest BCUT2D eigenvalue weighted by molar-refractivity contribution is 6.33. The minimum absolute atomic E-state index is 0.0717. The summed E-state index contributed by atoms with van der Waals surface area (Å²) >= 11 is 5.97. The number of pyridine rings is 1. The first-order chi connectivity index (χ1) is 12.6. The van der Waals surface area contributed by atoms with E-state index in [0.717, 1.165) is 12.3 Å². The third-order valence-corrected chi connectivity index (χ3v) is 4.70. The topological polar surface area (TPSA) is 74.3 Å². The summed E-state index contributed by atoms with van der Waals surface area (Å²) in [6.07, 6.45) is -2.75. The van der Waals surface area contributed by atoms with Gasteiger partial charge in [-0.2, -0.15) is 13.2 Å². The number of hydrogen-bond acceptors (Lipinski definition) is 4. The molecule has 1 aliphatic rings. The number of nitrogens with zero attached hydrogens (tertiary/aromatic N) is 2. The molecule has 0 aromatic carbocycles. The molecule has 1 aromatic heterocycles. The fourth-order valence-electron chi connectivity index (χ4n) is 2.90. The van der Waals surface area contributed by atoms with Crippen LogP contribution in [-0.4, -0.2) is 42.5 Å². The van der Waals surface area contributed by atoms with Gasteiger partial charge < -0.3 is 15.5 Å². The van der Waals surface area contributed by atoms with Gasteiger partial charge in [0.05, 0.1) is 10.6 Å². The first-order valence-electron chi connectivity index (χ1n) is 8.69. The minimum Gasteiger partial charge on any atom is -0.355 e. The fourth-order valence-corrected chi connectivity index (χ4v) is 3.18. The van der Waals surface area contributed by atoms with Crippen molar-refractivity contribution in [2.75, 3.05) is 24.5 Å². The smallest absolute Gasteiger partial charge is 0.355 e. The zero-order chi connectivity index (χ0) is 20.2. The number of aromatic nitrogens is 1. The summed E-state index contributed by atoms with van der Waals surface area (Å²) in [4.78, 5) is 29.6. The molecule has 27 heavy (non-hydrogen) atoms. The number of nitrogens with one attached hydrogen (secondary N) is 2. The number of alkyl halides is 3. The van der Waals surface area contributed by atoms with Gasteiger partial charge in [-0.15, -0.1) is 0 Å². The molecule has 1 saturated heterocycles. The van der Waals surface area contributed by atoms with Crippen molar-refractivity contribution in [3.05, 3.63) is 22.8 Å². The van der Waals surface area contributed by atoms with Crippen molar-refractivity contribution in [1.29, 1.82) is 0 Å².